The number of halogens is 1. The first kappa shape index (κ1) is 17.0. The molecule has 0 spiro atoms. The van der Waals surface area contributed by atoms with E-state index in [-0.39, 0.29) is 21.7 Å². The van der Waals surface area contributed by atoms with Crippen LogP contribution < -0.4 is 0 Å². The summed E-state index contributed by atoms with van der Waals surface area (Å²) in [5.74, 6) is 0.722. The van der Waals surface area contributed by atoms with Gasteiger partial charge in [-0.05, 0) is 33.1 Å². The van der Waals surface area contributed by atoms with E-state index in [1.54, 1.807) is 11.1 Å². The topological polar surface area (TPSA) is 0 Å². The van der Waals surface area contributed by atoms with Crippen LogP contribution in [0.3, 0.4) is 0 Å². The summed E-state index contributed by atoms with van der Waals surface area (Å²) in [7, 11) is 0. The minimum atomic E-state index is 0. The molecule has 0 radical (unpaired) electrons. The molecule has 0 saturated heterocycles. The fourth-order valence-electron chi connectivity index (χ4n) is 1.99. The van der Waals surface area contributed by atoms with Gasteiger partial charge in [-0.25, -0.2) is 0 Å². The molecule has 0 bridgehead atoms. The summed E-state index contributed by atoms with van der Waals surface area (Å²) in [5, 5.41) is 0. The van der Waals surface area contributed by atoms with Crippen LogP contribution in [-0.4, -0.2) is 5.88 Å². The van der Waals surface area contributed by atoms with Crippen LogP contribution in [0.25, 0.3) is 0 Å². The van der Waals surface area contributed by atoms with E-state index in [9.17, 15) is 0 Å². The predicted molar refractivity (Wildman–Crippen MR) is 73.9 cm³/mol. The first-order valence-corrected chi connectivity index (χ1v) is 6.48. The number of alkyl halides is 1. The summed E-state index contributed by atoms with van der Waals surface area (Å²) in [5.41, 5.74) is 6.18. The number of hydrogen-bond donors (Lipinski definition) is 0. The van der Waals surface area contributed by atoms with Crippen LogP contribution in [0.4, 0.5) is 0 Å². The summed E-state index contributed by atoms with van der Waals surface area (Å²) in [6.45, 7) is 6.33. The Balaban J connectivity index is 0.000000583. The largest absolute Gasteiger partial charge is 2.00 e. The van der Waals surface area contributed by atoms with Crippen molar-refractivity contribution in [2.45, 2.75) is 40.0 Å². The minimum absolute atomic E-state index is 0. The van der Waals surface area contributed by atoms with Crippen molar-refractivity contribution in [2.24, 2.45) is 0 Å². The molecule has 2 rings (SSSR count). The molecule has 0 saturated carbocycles. The SMILES string of the molecule is CC1=C(CC2=C(C)C=CC2)CC=C1.CCCl.[Ti+2]. The Morgan fingerprint density at radius 1 is 1.00 bits per heavy atom. The molecule has 0 nitrogen and oxygen atoms in total. The molecule has 0 aliphatic heterocycles. The molecular weight excluding hydrogens is 263 g/mol. The maximum atomic E-state index is 5.00. The van der Waals surface area contributed by atoms with Gasteiger partial charge < -0.3 is 0 Å². The van der Waals surface area contributed by atoms with E-state index in [4.69, 9.17) is 11.6 Å². The van der Waals surface area contributed by atoms with Gasteiger partial charge in [0.1, 0.15) is 0 Å². The van der Waals surface area contributed by atoms with E-state index in [0.29, 0.717) is 0 Å². The zero-order valence-corrected chi connectivity index (χ0v) is 13.3. The van der Waals surface area contributed by atoms with Gasteiger partial charge in [0.05, 0.1) is 0 Å². The Hall–Kier alpha value is -0.0357. The van der Waals surface area contributed by atoms with Gasteiger partial charge in [0.25, 0.3) is 0 Å². The first-order valence-electron chi connectivity index (χ1n) is 5.95. The van der Waals surface area contributed by atoms with Crippen molar-refractivity contribution in [1.82, 2.24) is 0 Å². The van der Waals surface area contributed by atoms with Gasteiger partial charge in [0.2, 0.25) is 0 Å². The van der Waals surface area contributed by atoms with Gasteiger partial charge in [-0.2, -0.15) is 0 Å². The molecular formula is C15H21ClTi+2. The number of hydrogen-bond acceptors (Lipinski definition) is 0. The molecule has 0 heterocycles. The molecule has 2 aliphatic rings. The van der Waals surface area contributed by atoms with Gasteiger partial charge in [0, 0.05) is 5.88 Å². The maximum Gasteiger partial charge on any atom is 2.00 e. The summed E-state index contributed by atoms with van der Waals surface area (Å²) >= 11 is 5.00. The molecule has 17 heavy (non-hydrogen) atoms. The fraction of sp³-hybridized carbons (Fsp3) is 0.467. The zero-order valence-electron chi connectivity index (χ0n) is 11.0. The smallest absolute Gasteiger partial charge is 0.127 e. The Labute approximate surface area is 125 Å². The molecule has 0 aromatic rings. The molecule has 2 aliphatic carbocycles. The van der Waals surface area contributed by atoms with E-state index >= 15 is 0 Å². The monoisotopic (exact) mass is 284 g/mol. The quantitative estimate of drug-likeness (QED) is 0.484. The van der Waals surface area contributed by atoms with Crippen molar-refractivity contribution < 1.29 is 21.7 Å². The Kier molecular flexibility index (Phi) is 8.95. The average molecular weight is 285 g/mol. The second kappa shape index (κ2) is 8.97. The third-order valence-electron chi connectivity index (χ3n) is 3.01. The first-order chi connectivity index (χ1) is 7.69. The van der Waals surface area contributed by atoms with E-state index in [1.165, 1.54) is 30.4 Å². The Bertz CT molecular complexity index is 325. The van der Waals surface area contributed by atoms with E-state index in [2.05, 4.69) is 38.2 Å². The van der Waals surface area contributed by atoms with Crippen LogP contribution in [0.5, 0.6) is 0 Å². The molecule has 0 atom stereocenters. The molecule has 0 unspecified atom stereocenters. The van der Waals surface area contributed by atoms with Gasteiger partial charge in [-0.1, -0.05) is 53.5 Å². The molecule has 2 heteroatoms. The van der Waals surface area contributed by atoms with E-state index < -0.39 is 0 Å². The second-order valence-electron chi connectivity index (χ2n) is 4.23. The van der Waals surface area contributed by atoms with Crippen LogP contribution in [0.1, 0.15) is 40.0 Å². The van der Waals surface area contributed by atoms with Crippen LogP contribution in [-0.2, 0) is 21.7 Å². The van der Waals surface area contributed by atoms with Gasteiger partial charge >= 0.3 is 21.7 Å². The fourth-order valence-corrected chi connectivity index (χ4v) is 1.99. The van der Waals surface area contributed by atoms with Gasteiger partial charge in [0.15, 0.2) is 0 Å². The standard InChI is InChI=1S/C13H16.C2H5Cl.Ti/c1-10-5-3-7-12(10)9-13-8-4-6-11(13)2;1-2-3;/h3-6H,7-9H2,1-2H3;2H2,1H3;/q;;+2. The minimum Gasteiger partial charge on any atom is -0.127 e. The van der Waals surface area contributed by atoms with Crippen molar-refractivity contribution in [2.75, 3.05) is 5.88 Å². The normalized spacial score (nSPS) is 17.2. The van der Waals surface area contributed by atoms with Crippen LogP contribution in [0, 0.1) is 0 Å². The Morgan fingerprint density at radius 3 is 1.59 bits per heavy atom. The maximum absolute atomic E-state index is 5.00. The van der Waals surface area contributed by atoms with Crippen LogP contribution in [0.2, 0.25) is 0 Å². The van der Waals surface area contributed by atoms with Gasteiger partial charge in [-0.3, -0.25) is 0 Å². The molecule has 0 N–H and O–H groups in total. The average Bonchev–Trinajstić information content (AvgIpc) is 2.80. The second-order valence-corrected chi connectivity index (χ2v) is 4.76. The molecule has 90 valence electrons. The van der Waals surface area contributed by atoms with Crippen molar-refractivity contribution in [3.8, 4) is 0 Å². The third kappa shape index (κ3) is 5.42. The molecule has 0 aromatic carbocycles. The van der Waals surface area contributed by atoms with Crippen LogP contribution >= 0.6 is 11.6 Å². The van der Waals surface area contributed by atoms with E-state index in [1.807, 2.05) is 6.92 Å². The summed E-state index contributed by atoms with van der Waals surface area (Å²) in [6.07, 6.45) is 12.6. The van der Waals surface area contributed by atoms with Crippen molar-refractivity contribution >= 4 is 11.6 Å². The third-order valence-corrected chi connectivity index (χ3v) is 3.01. The summed E-state index contributed by atoms with van der Waals surface area (Å²) in [4.78, 5) is 0. The predicted octanol–water partition coefficient (Wildman–Crippen LogP) is 5.17. The molecule has 0 aromatic heterocycles. The zero-order chi connectivity index (χ0) is 12.0. The van der Waals surface area contributed by atoms with Crippen molar-refractivity contribution in [3.63, 3.8) is 0 Å². The van der Waals surface area contributed by atoms with Gasteiger partial charge in [-0.15, -0.1) is 11.6 Å². The molecule has 0 fully saturated rings. The Morgan fingerprint density at radius 2 is 1.35 bits per heavy atom. The summed E-state index contributed by atoms with van der Waals surface area (Å²) in [6, 6.07) is 0. The number of rotatable bonds is 2. The molecule has 0 amide bonds. The van der Waals surface area contributed by atoms with Crippen LogP contribution in [0.15, 0.2) is 46.6 Å². The number of allylic oxidation sites excluding steroid dienone is 8. The van der Waals surface area contributed by atoms with E-state index in [0.717, 1.165) is 5.88 Å². The summed E-state index contributed by atoms with van der Waals surface area (Å²) < 4.78 is 0. The van der Waals surface area contributed by atoms with Crippen molar-refractivity contribution in [3.05, 3.63) is 46.6 Å². The van der Waals surface area contributed by atoms with Crippen molar-refractivity contribution in [1.29, 1.82) is 0 Å².